The van der Waals surface area contributed by atoms with E-state index in [0.717, 1.165) is 72.0 Å². The molecule has 2 heterocycles. The molecule has 7 aromatic carbocycles. The molecule has 0 atom stereocenters. The molecule has 9 aromatic rings. The van der Waals surface area contributed by atoms with Crippen molar-refractivity contribution in [2.24, 2.45) is 0 Å². The molecule has 0 aliphatic rings. The minimum absolute atomic E-state index is 0.556. The van der Waals surface area contributed by atoms with Gasteiger partial charge in [-0.3, -0.25) is 0 Å². The highest BCUT2D eigenvalue weighted by atomic mass is 16.3. The van der Waals surface area contributed by atoms with Crippen LogP contribution in [0, 0.1) is 0 Å². The lowest BCUT2D eigenvalue weighted by Gasteiger charge is -2.12. The van der Waals surface area contributed by atoms with Crippen LogP contribution in [0.4, 0.5) is 0 Å². The van der Waals surface area contributed by atoms with E-state index < -0.39 is 0 Å². The highest BCUT2D eigenvalue weighted by Crippen LogP contribution is 2.38. The fourth-order valence-corrected chi connectivity index (χ4v) is 6.55. The number of aromatic nitrogens is 3. The summed E-state index contributed by atoms with van der Waals surface area (Å²) >= 11 is 0. The van der Waals surface area contributed by atoms with Crippen molar-refractivity contribution in [2.75, 3.05) is 0 Å². The lowest BCUT2D eigenvalue weighted by molar-refractivity contribution is 0.669. The zero-order valence-electron chi connectivity index (χ0n) is 26.5. The van der Waals surface area contributed by atoms with Gasteiger partial charge in [0.1, 0.15) is 11.2 Å². The van der Waals surface area contributed by atoms with Crippen LogP contribution in [0.3, 0.4) is 0 Å². The predicted octanol–water partition coefficient (Wildman–Crippen LogP) is 11.8. The summed E-state index contributed by atoms with van der Waals surface area (Å²) in [5, 5.41) is 2.07. The standard InChI is InChI=1S/C45H29N3O/c1-4-14-30(15-5-1)33-20-12-21-35(28-33)43-46-44(39-23-11-10-22-36(39)32-18-8-3-9-19-32)48-45(47-43)40-25-13-24-38-37-27-26-34(29-41(37)49-42(38)40)31-16-6-2-7-17-31/h1-29H. The summed E-state index contributed by atoms with van der Waals surface area (Å²) in [6.45, 7) is 0. The third-order valence-electron chi connectivity index (χ3n) is 8.96. The molecule has 0 aliphatic carbocycles. The van der Waals surface area contributed by atoms with E-state index in [9.17, 15) is 0 Å². The Morgan fingerprint density at radius 3 is 1.53 bits per heavy atom. The number of hydrogen-bond donors (Lipinski definition) is 0. The van der Waals surface area contributed by atoms with Crippen LogP contribution in [0.2, 0.25) is 0 Å². The predicted molar refractivity (Wildman–Crippen MR) is 200 cm³/mol. The molecule has 4 heteroatoms. The van der Waals surface area contributed by atoms with Gasteiger partial charge < -0.3 is 4.42 Å². The minimum Gasteiger partial charge on any atom is -0.455 e. The summed E-state index contributed by atoms with van der Waals surface area (Å²) in [6, 6.07) is 60.4. The molecule has 0 amide bonds. The third kappa shape index (κ3) is 5.35. The van der Waals surface area contributed by atoms with Gasteiger partial charge in [0.25, 0.3) is 0 Å². The van der Waals surface area contributed by atoms with Gasteiger partial charge in [-0.2, -0.15) is 0 Å². The number of para-hydroxylation sites is 1. The van der Waals surface area contributed by atoms with E-state index in [1.54, 1.807) is 0 Å². The average molecular weight is 628 g/mol. The van der Waals surface area contributed by atoms with Crippen LogP contribution >= 0.6 is 0 Å². The Morgan fingerprint density at radius 2 is 0.816 bits per heavy atom. The Labute approximate surface area is 284 Å². The molecule has 0 aliphatic heterocycles. The molecule has 230 valence electrons. The van der Waals surface area contributed by atoms with Gasteiger partial charge in [0.2, 0.25) is 0 Å². The third-order valence-corrected chi connectivity index (χ3v) is 8.96. The second-order valence-corrected chi connectivity index (χ2v) is 12.0. The number of hydrogen-bond acceptors (Lipinski definition) is 4. The van der Waals surface area contributed by atoms with Crippen molar-refractivity contribution < 1.29 is 4.42 Å². The van der Waals surface area contributed by atoms with E-state index in [1.165, 1.54) is 0 Å². The molecule has 0 spiro atoms. The highest BCUT2D eigenvalue weighted by Gasteiger charge is 2.19. The van der Waals surface area contributed by atoms with Crippen LogP contribution in [0.1, 0.15) is 0 Å². The van der Waals surface area contributed by atoms with Gasteiger partial charge in [0.15, 0.2) is 17.5 Å². The average Bonchev–Trinajstić information content (AvgIpc) is 3.57. The highest BCUT2D eigenvalue weighted by molar-refractivity contribution is 6.10. The van der Waals surface area contributed by atoms with Crippen LogP contribution < -0.4 is 0 Å². The first-order valence-corrected chi connectivity index (χ1v) is 16.4. The Balaban J connectivity index is 1.26. The number of furan rings is 1. The fraction of sp³-hybridized carbons (Fsp3) is 0. The van der Waals surface area contributed by atoms with Crippen molar-refractivity contribution in [2.45, 2.75) is 0 Å². The van der Waals surface area contributed by atoms with Crippen LogP contribution in [0.15, 0.2) is 180 Å². The van der Waals surface area contributed by atoms with Crippen molar-refractivity contribution in [3.8, 4) is 67.5 Å². The Morgan fingerprint density at radius 1 is 0.306 bits per heavy atom. The normalized spacial score (nSPS) is 11.3. The maximum atomic E-state index is 6.66. The molecule has 2 aromatic heterocycles. The lowest BCUT2D eigenvalue weighted by atomic mass is 9.99. The number of nitrogens with zero attached hydrogens (tertiary/aromatic N) is 3. The summed E-state index contributed by atoms with van der Waals surface area (Å²) < 4.78 is 6.66. The molecule has 0 unspecified atom stereocenters. The largest absolute Gasteiger partial charge is 0.455 e. The maximum absolute atomic E-state index is 6.66. The van der Waals surface area contributed by atoms with E-state index in [4.69, 9.17) is 19.4 Å². The van der Waals surface area contributed by atoms with Gasteiger partial charge >= 0.3 is 0 Å². The second-order valence-electron chi connectivity index (χ2n) is 12.0. The fourth-order valence-electron chi connectivity index (χ4n) is 6.55. The summed E-state index contributed by atoms with van der Waals surface area (Å²) in [5.74, 6) is 1.75. The van der Waals surface area contributed by atoms with Crippen molar-refractivity contribution in [1.29, 1.82) is 0 Å². The van der Waals surface area contributed by atoms with Gasteiger partial charge in [-0.25, -0.2) is 15.0 Å². The van der Waals surface area contributed by atoms with Gasteiger partial charge in [-0.1, -0.05) is 152 Å². The first-order chi connectivity index (χ1) is 24.3. The van der Waals surface area contributed by atoms with E-state index in [1.807, 2.05) is 30.3 Å². The van der Waals surface area contributed by atoms with Crippen molar-refractivity contribution >= 4 is 21.9 Å². The minimum atomic E-state index is 0.556. The summed E-state index contributed by atoms with van der Waals surface area (Å²) in [7, 11) is 0. The zero-order valence-corrected chi connectivity index (χ0v) is 26.5. The topological polar surface area (TPSA) is 51.8 Å². The summed E-state index contributed by atoms with van der Waals surface area (Å²) in [5.41, 5.74) is 10.9. The first-order valence-electron chi connectivity index (χ1n) is 16.4. The Hall–Kier alpha value is -6.65. The van der Waals surface area contributed by atoms with E-state index >= 15 is 0 Å². The number of rotatable bonds is 6. The lowest BCUT2D eigenvalue weighted by Crippen LogP contribution is -2.01. The molecule has 0 saturated carbocycles. The SMILES string of the molecule is c1ccc(-c2cccc(-c3nc(-c4ccccc4-c4ccccc4)nc(-c4cccc5c4oc4cc(-c6ccccc6)ccc45)n3)c2)cc1. The maximum Gasteiger partial charge on any atom is 0.167 e. The van der Waals surface area contributed by atoms with Crippen molar-refractivity contribution in [3.05, 3.63) is 176 Å². The van der Waals surface area contributed by atoms with E-state index in [0.29, 0.717) is 17.5 Å². The summed E-state index contributed by atoms with van der Waals surface area (Å²) in [6.07, 6.45) is 0. The smallest absolute Gasteiger partial charge is 0.167 e. The molecule has 0 radical (unpaired) electrons. The molecule has 0 N–H and O–H groups in total. The van der Waals surface area contributed by atoms with Gasteiger partial charge in [0.05, 0.1) is 5.56 Å². The number of fused-ring (bicyclic) bond motifs is 3. The quantitative estimate of drug-likeness (QED) is 0.184. The van der Waals surface area contributed by atoms with Gasteiger partial charge in [0, 0.05) is 21.9 Å². The molecular weight excluding hydrogens is 599 g/mol. The van der Waals surface area contributed by atoms with Crippen LogP contribution in [-0.2, 0) is 0 Å². The van der Waals surface area contributed by atoms with Crippen LogP contribution in [0.25, 0.3) is 89.5 Å². The summed E-state index contributed by atoms with van der Waals surface area (Å²) in [4.78, 5) is 15.4. The van der Waals surface area contributed by atoms with Gasteiger partial charge in [-0.15, -0.1) is 0 Å². The van der Waals surface area contributed by atoms with E-state index in [-0.39, 0.29) is 0 Å². The van der Waals surface area contributed by atoms with Crippen molar-refractivity contribution in [1.82, 2.24) is 15.0 Å². The Bertz CT molecular complexity index is 2590. The zero-order chi connectivity index (χ0) is 32.6. The molecule has 4 nitrogen and oxygen atoms in total. The molecule has 9 rings (SSSR count). The second kappa shape index (κ2) is 12.2. The van der Waals surface area contributed by atoms with Crippen molar-refractivity contribution in [3.63, 3.8) is 0 Å². The van der Waals surface area contributed by atoms with E-state index in [2.05, 4.69) is 146 Å². The number of benzene rings is 7. The monoisotopic (exact) mass is 627 g/mol. The molecular formula is C45H29N3O. The molecule has 0 fully saturated rings. The van der Waals surface area contributed by atoms with Gasteiger partial charge in [-0.05, 0) is 57.6 Å². The van der Waals surface area contributed by atoms with Crippen LogP contribution in [0.5, 0.6) is 0 Å². The molecule has 0 bridgehead atoms. The molecule has 0 saturated heterocycles. The Kier molecular flexibility index (Phi) is 7.10. The molecule has 49 heavy (non-hydrogen) atoms. The van der Waals surface area contributed by atoms with Crippen LogP contribution in [-0.4, -0.2) is 15.0 Å². The first kappa shape index (κ1) is 28.6.